The number of rotatable bonds is 16. The third-order valence-electron chi connectivity index (χ3n) is 6.42. The number of carboxylic acids is 1. The highest BCUT2D eigenvalue weighted by molar-refractivity contribution is 6.02. The van der Waals surface area contributed by atoms with Gasteiger partial charge in [-0.1, -0.05) is 82.7 Å². The van der Waals surface area contributed by atoms with Gasteiger partial charge in [0, 0.05) is 13.1 Å². The lowest BCUT2D eigenvalue weighted by atomic mass is 10.1. The summed E-state index contributed by atoms with van der Waals surface area (Å²) in [5.41, 5.74) is 0.285. The first-order chi connectivity index (χ1) is 17.9. The minimum Gasteiger partial charge on any atom is -0.484 e. The van der Waals surface area contributed by atoms with E-state index in [0.717, 1.165) is 56.9 Å². The van der Waals surface area contributed by atoms with Crippen molar-refractivity contribution in [2.24, 2.45) is 0 Å². The number of unbranched alkanes of at least 4 members (excludes halogenated alkanes) is 6. The largest absolute Gasteiger partial charge is 0.484 e. The van der Waals surface area contributed by atoms with Gasteiger partial charge in [-0.2, -0.15) is 4.74 Å². The van der Waals surface area contributed by atoms with Crippen LogP contribution in [0.3, 0.4) is 0 Å². The van der Waals surface area contributed by atoms with Crippen LogP contribution in [0.1, 0.15) is 81.1 Å². The smallest absolute Gasteiger partial charge is 0.365 e. The fourth-order valence-corrected chi connectivity index (χ4v) is 4.39. The number of aromatic nitrogens is 1. The predicted molar refractivity (Wildman–Crippen MR) is 143 cm³/mol. The molecule has 0 radical (unpaired) electrons. The molecule has 3 rings (SSSR count). The van der Waals surface area contributed by atoms with Crippen LogP contribution in [0.25, 0.3) is 10.9 Å². The Bertz CT molecular complexity index is 1200. The molecular weight excluding hydrogens is 472 g/mol. The molecule has 0 fully saturated rings. The molecule has 0 aliphatic heterocycles. The summed E-state index contributed by atoms with van der Waals surface area (Å²) >= 11 is 0. The van der Waals surface area contributed by atoms with E-state index in [1.54, 1.807) is 0 Å². The number of aromatic carboxylic acids is 1. The molecule has 8 nitrogen and oxygen atoms in total. The second kappa shape index (κ2) is 14.3. The van der Waals surface area contributed by atoms with E-state index in [-0.39, 0.29) is 41.3 Å². The molecule has 0 bridgehead atoms. The maximum atomic E-state index is 13.0. The van der Waals surface area contributed by atoms with Gasteiger partial charge in [0.1, 0.15) is 11.3 Å². The van der Waals surface area contributed by atoms with Crippen molar-refractivity contribution in [1.29, 1.82) is 0 Å². The predicted octanol–water partition coefficient (Wildman–Crippen LogP) is 5.71. The first-order valence-corrected chi connectivity index (χ1v) is 13.3. The molecule has 1 N–H and O–H groups in total. The molecule has 2 aromatic carbocycles. The second-order valence-corrected chi connectivity index (χ2v) is 9.36. The summed E-state index contributed by atoms with van der Waals surface area (Å²) in [7, 11) is 0. The fourth-order valence-electron chi connectivity index (χ4n) is 4.39. The Hall–Kier alpha value is -3.55. The zero-order chi connectivity index (χ0) is 26.6. The van der Waals surface area contributed by atoms with E-state index in [9.17, 15) is 19.5 Å². The maximum absolute atomic E-state index is 13.0. The van der Waals surface area contributed by atoms with Crippen molar-refractivity contribution in [1.82, 2.24) is 9.64 Å². The van der Waals surface area contributed by atoms with E-state index in [2.05, 4.69) is 13.8 Å². The van der Waals surface area contributed by atoms with Crippen LogP contribution in [-0.4, -0.2) is 46.3 Å². The van der Waals surface area contributed by atoms with E-state index in [4.69, 9.17) is 9.26 Å². The van der Waals surface area contributed by atoms with Crippen LogP contribution in [0.2, 0.25) is 0 Å². The van der Waals surface area contributed by atoms with Crippen molar-refractivity contribution in [3.05, 3.63) is 64.0 Å². The highest BCUT2D eigenvalue weighted by Gasteiger charge is 2.21. The number of carbonyl (C=O) groups excluding carboxylic acids is 1. The van der Waals surface area contributed by atoms with E-state index in [1.807, 2.05) is 35.2 Å². The zero-order valence-corrected chi connectivity index (χ0v) is 21.9. The minimum atomic E-state index is -1.21. The first-order valence-electron chi connectivity index (χ1n) is 13.3. The summed E-state index contributed by atoms with van der Waals surface area (Å²) in [5, 5.41) is 9.97. The molecule has 0 aliphatic carbocycles. The first kappa shape index (κ1) is 28.0. The van der Waals surface area contributed by atoms with E-state index >= 15 is 0 Å². The van der Waals surface area contributed by atoms with Crippen LogP contribution in [-0.2, 0) is 11.3 Å². The van der Waals surface area contributed by atoms with Crippen molar-refractivity contribution in [2.75, 3.05) is 19.7 Å². The van der Waals surface area contributed by atoms with Gasteiger partial charge in [0.15, 0.2) is 6.61 Å². The van der Waals surface area contributed by atoms with Crippen LogP contribution < -0.4 is 10.4 Å². The average molecular weight is 511 g/mol. The number of hydrogen-bond acceptors (Lipinski definition) is 5. The van der Waals surface area contributed by atoms with Gasteiger partial charge >= 0.3 is 11.6 Å². The summed E-state index contributed by atoms with van der Waals surface area (Å²) in [6, 6.07) is 12.1. The molecule has 0 aliphatic rings. The topological polar surface area (TPSA) is 102 Å². The standard InChI is InChI=1S/C29H38N2O6/c1-3-5-7-12-16-30(17-13-8-6-4-2)26(32)21-36-23-18-24(28(33)34)27-25(19-23)29(35)37-31(27)20-22-14-10-9-11-15-22/h9-11,14-15,18-19H,3-8,12-13,16-17,20-21H2,1-2H3,(H,33,34). The number of amides is 1. The zero-order valence-electron chi connectivity index (χ0n) is 21.9. The lowest BCUT2D eigenvalue weighted by molar-refractivity contribution is -0.133. The Morgan fingerprint density at radius 3 is 2.19 bits per heavy atom. The van der Waals surface area contributed by atoms with Gasteiger partial charge < -0.3 is 19.3 Å². The number of ether oxygens (including phenoxy) is 1. The Morgan fingerprint density at radius 1 is 0.946 bits per heavy atom. The van der Waals surface area contributed by atoms with Gasteiger partial charge in [-0.25, -0.2) is 9.59 Å². The van der Waals surface area contributed by atoms with Crippen LogP contribution in [0, 0.1) is 0 Å². The molecule has 0 saturated heterocycles. The van der Waals surface area contributed by atoms with Crippen molar-refractivity contribution in [3.63, 3.8) is 0 Å². The molecule has 3 aromatic rings. The fraction of sp³-hybridized carbons (Fsp3) is 0.483. The molecule has 0 unspecified atom stereocenters. The Kier molecular flexibility index (Phi) is 10.8. The molecule has 1 heterocycles. The molecule has 0 atom stereocenters. The highest BCUT2D eigenvalue weighted by atomic mass is 16.5. The number of benzene rings is 2. The van der Waals surface area contributed by atoms with Gasteiger partial charge in [0.2, 0.25) is 0 Å². The van der Waals surface area contributed by atoms with Gasteiger partial charge in [-0.05, 0) is 30.5 Å². The lowest BCUT2D eigenvalue weighted by Crippen LogP contribution is -2.36. The summed E-state index contributed by atoms with van der Waals surface area (Å²) in [5.74, 6) is -1.20. The minimum absolute atomic E-state index is 0.106. The quantitative estimate of drug-likeness (QED) is 0.248. The molecule has 0 saturated carbocycles. The molecule has 37 heavy (non-hydrogen) atoms. The van der Waals surface area contributed by atoms with E-state index < -0.39 is 11.6 Å². The molecule has 0 spiro atoms. The summed E-state index contributed by atoms with van der Waals surface area (Å²) in [6.07, 6.45) is 8.57. The summed E-state index contributed by atoms with van der Waals surface area (Å²) in [4.78, 5) is 39.5. The average Bonchev–Trinajstić information content (AvgIpc) is 3.21. The summed E-state index contributed by atoms with van der Waals surface area (Å²) < 4.78 is 12.4. The Morgan fingerprint density at radius 2 is 1.59 bits per heavy atom. The number of hydrogen-bond donors (Lipinski definition) is 1. The normalized spacial score (nSPS) is 11.1. The lowest BCUT2D eigenvalue weighted by Gasteiger charge is -2.23. The number of nitrogens with zero attached hydrogens (tertiary/aromatic N) is 2. The number of carboxylic acid groups (broad SMARTS) is 1. The van der Waals surface area contributed by atoms with Crippen molar-refractivity contribution < 1.29 is 24.0 Å². The van der Waals surface area contributed by atoms with Crippen molar-refractivity contribution >= 4 is 22.8 Å². The van der Waals surface area contributed by atoms with Crippen LogP contribution in [0.4, 0.5) is 0 Å². The Labute approximate surface area is 217 Å². The van der Waals surface area contributed by atoms with E-state index in [1.165, 1.54) is 16.9 Å². The molecule has 1 amide bonds. The van der Waals surface area contributed by atoms with E-state index in [0.29, 0.717) is 13.1 Å². The molecular formula is C29H38N2O6. The van der Waals surface area contributed by atoms with Gasteiger partial charge in [-0.15, -0.1) is 0 Å². The van der Waals surface area contributed by atoms with Crippen LogP contribution >= 0.6 is 0 Å². The third-order valence-corrected chi connectivity index (χ3v) is 6.42. The second-order valence-electron chi connectivity index (χ2n) is 9.36. The van der Waals surface area contributed by atoms with Gasteiger partial charge in [0.25, 0.3) is 5.91 Å². The third kappa shape index (κ3) is 7.97. The monoisotopic (exact) mass is 510 g/mol. The van der Waals surface area contributed by atoms with Gasteiger partial charge in [-0.3, -0.25) is 4.79 Å². The highest BCUT2D eigenvalue weighted by Crippen LogP contribution is 2.25. The van der Waals surface area contributed by atoms with Crippen LogP contribution in [0.15, 0.2) is 51.8 Å². The van der Waals surface area contributed by atoms with Crippen molar-refractivity contribution in [3.8, 4) is 5.75 Å². The Balaban J connectivity index is 1.76. The molecule has 8 heteroatoms. The van der Waals surface area contributed by atoms with Crippen molar-refractivity contribution in [2.45, 2.75) is 71.8 Å². The molecule has 200 valence electrons. The number of fused-ring (bicyclic) bond motifs is 1. The molecule has 1 aromatic heterocycles. The summed E-state index contributed by atoms with van der Waals surface area (Å²) in [6.45, 7) is 5.66. The van der Waals surface area contributed by atoms with Crippen LogP contribution in [0.5, 0.6) is 5.75 Å². The number of carbonyl (C=O) groups is 2. The SMILES string of the molecule is CCCCCCN(CCCCCC)C(=O)COc1cc(C(=O)O)c2c(c1)c(=O)on2Cc1ccccc1. The van der Waals surface area contributed by atoms with Gasteiger partial charge in [0.05, 0.1) is 17.5 Å². The maximum Gasteiger partial charge on any atom is 0.365 e.